The molecule has 0 unspecified atom stereocenters. The van der Waals surface area contributed by atoms with E-state index in [2.05, 4.69) is 13.8 Å². The first-order valence-electron chi connectivity index (χ1n) is 6.38. The predicted molar refractivity (Wildman–Crippen MR) is 62.0 cm³/mol. The van der Waals surface area contributed by atoms with Gasteiger partial charge in [0.15, 0.2) is 0 Å². The third kappa shape index (κ3) is 4.69. The van der Waals surface area contributed by atoms with Gasteiger partial charge in [-0.25, -0.2) is 0 Å². The molecule has 2 fully saturated rings. The lowest BCUT2D eigenvalue weighted by Crippen LogP contribution is -1.95. The van der Waals surface area contributed by atoms with E-state index in [9.17, 15) is 0 Å². The van der Waals surface area contributed by atoms with Gasteiger partial charge in [0.05, 0.1) is 0 Å². The fourth-order valence-electron chi connectivity index (χ4n) is 2.52. The minimum absolute atomic E-state index is 1.18. The Morgan fingerprint density at radius 1 is 0.769 bits per heavy atom. The maximum absolute atomic E-state index is 2.12. The summed E-state index contributed by atoms with van der Waals surface area (Å²) in [5.74, 6) is 2.35. The lowest BCUT2D eigenvalue weighted by atomic mass is 10.0. The third-order valence-electron chi connectivity index (χ3n) is 2.97. The van der Waals surface area contributed by atoms with Gasteiger partial charge >= 0.3 is 0 Å². The Morgan fingerprint density at radius 3 is 1.23 bits per heavy atom. The fraction of sp³-hybridized carbons (Fsp3) is 1.00. The second-order valence-corrected chi connectivity index (χ2v) is 4.09. The van der Waals surface area contributed by atoms with Crippen molar-refractivity contribution in [3.8, 4) is 0 Å². The highest BCUT2D eigenvalue weighted by Crippen LogP contribution is 2.43. The Bertz CT molecular complexity index is 76.2. The van der Waals surface area contributed by atoms with E-state index < -0.39 is 0 Å². The summed E-state index contributed by atoms with van der Waals surface area (Å²) in [5, 5.41) is 0. The summed E-state index contributed by atoms with van der Waals surface area (Å²) in [6, 6.07) is 0. The van der Waals surface area contributed by atoms with Crippen LogP contribution in [-0.4, -0.2) is 0 Å². The van der Waals surface area contributed by atoms with Gasteiger partial charge in [-0.05, 0) is 11.8 Å². The lowest BCUT2D eigenvalue weighted by Gasteiger charge is -2.04. The van der Waals surface area contributed by atoms with E-state index in [1.807, 2.05) is 13.8 Å². The van der Waals surface area contributed by atoms with E-state index in [1.165, 1.54) is 31.1 Å². The lowest BCUT2D eigenvalue weighted by molar-refractivity contribution is 0.457. The van der Waals surface area contributed by atoms with E-state index in [0.717, 1.165) is 0 Å². The molecular formula is C13H28. The maximum atomic E-state index is 2.12. The largest absolute Gasteiger partial charge is 0.0683 e. The van der Waals surface area contributed by atoms with E-state index in [0.29, 0.717) is 0 Å². The molecule has 0 aromatic carbocycles. The number of rotatable bonds is 0. The van der Waals surface area contributed by atoms with Crippen LogP contribution in [0.5, 0.6) is 0 Å². The Kier molecular flexibility index (Phi) is 8.59. The van der Waals surface area contributed by atoms with Crippen molar-refractivity contribution in [3.63, 3.8) is 0 Å². The molecule has 13 heavy (non-hydrogen) atoms. The predicted octanol–water partition coefficient (Wildman–Crippen LogP) is 5.03. The molecule has 80 valence electrons. The molecule has 0 aromatic heterocycles. The van der Waals surface area contributed by atoms with Crippen LogP contribution in [0.2, 0.25) is 0 Å². The van der Waals surface area contributed by atoms with E-state index in [-0.39, 0.29) is 0 Å². The monoisotopic (exact) mass is 184 g/mol. The smallest absolute Gasteiger partial charge is 0.0386 e. The van der Waals surface area contributed by atoms with Crippen LogP contribution in [0.3, 0.4) is 0 Å². The first-order chi connectivity index (χ1) is 6.38. The van der Waals surface area contributed by atoms with Gasteiger partial charge in [-0.15, -0.1) is 0 Å². The van der Waals surface area contributed by atoms with Crippen molar-refractivity contribution < 1.29 is 0 Å². The molecule has 0 aromatic rings. The van der Waals surface area contributed by atoms with Gasteiger partial charge in [-0.3, -0.25) is 0 Å². The molecule has 0 saturated heterocycles. The molecule has 2 aliphatic carbocycles. The standard InChI is InChI=1S/C8H14.C3H8.C2H6/c1-3-7-5-2-6-8(7)4-1;1-3-2;1-2/h7-8H,1-6H2;3H2,1-2H3;1-2H3. The third-order valence-corrected chi connectivity index (χ3v) is 2.97. The molecular weight excluding hydrogens is 156 g/mol. The highest BCUT2D eigenvalue weighted by molar-refractivity contribution is 4.82. The van der Waals surface area contributed by atoms with E-state index in [1.54, 1.807) is 25.7 Å². The van der Waals surface area contributed by atoms with E-state index >= 15 is 0 Å². The SMILES string of the molecule is C1CC2CCCC2C1.CC.CCC. The zero-order chi connectivity index (χ0) is 10.1. The number of hydrogen-bond donors (Lipinski definition) is 0. The number of fused-ring (bicyclic) bond motifs is 1. The van der Waals surface area contributed by atoms with Gasteiger partial charge in [0, 0.05) is 0 Å². The Morgan fingerprint density at radius 2 is 1.00 bits per heavy atom. The van der Waals surface area contributed by atoms with E-state index in [4.69, 9.17) is 0 Å². The zero-order valence-corrected chi connectivity index (χ0v) is 10.1. The van der Waals surface area contributed by atoms with Crippen molar-refractivity contribution in [2.24, 2.45) is 11.8 Å². The molecule has 2 rings (SSSR count). The summed E-state index contributed by atoms with van der Waals surface area (Å²) in [6.45, 7) is 8.25. The Hall–Kier alpha value is 0. The van der Waals surface area contributed by atoms with Gasteiger partial charge in [0.25, 0.3) is 0 Å². The summed E-state index contributed by atoms with van der Waals surface area (Å²) >= 11 is 0. The molecule has 0 heterocycles. The molecule has 0 heteroatoms. The van der Waals surface area contributed by atoms with Crippen LogP contribution in [0, 0.1) is 11.8 Å². The van der Waals surface area contributed by atoms with Crippen molar-refractivity contribution in [3.05, 3.63) is 0 Å². The summed E-state index contributed by atoms with van der Waals surface area (Å²) < 4.78 is 0. The second kappa shape index (κ2) is 8.59. The summed E-state index contributed by atoms with van der Waals surface area (Å²) in [5.41, 5.74) is 0. The minimum Gasteiger partial charge on any atom is -0.0683 e. The summed E-state index contributed by atoms with van der Waals surface area (Å²) in [7, 11) is 0. The normalized spacial score (nSPS) is 29.5. The van der Waals surface area contributed by atoms with Crippen molar-refractivity contribution >= 4 is 0 Å². The molecule has 0 atom stereocenters. The molecule has 0 N–H and O–H groups in total. The minimum atomic E-state index is 1.18. The van der Waals surface area contributed by atoms with Gasteiger partial charge in [-0.2, -0.15) is 0 Å². The Balaban J connectivity index is 0.000000251. The highest BCUT2D eigenvalue weighted by atomic mass is 14.4. The average Bonchev–Trinajstić information content (AvgIpc) is 2.69. The molecule has 2 saturated carbocycles. The van der Waals surface area contributed by atoms with Crippen molar-refractivity contribution in [1.82, 2.24) is 0 Å². The van der Waals surface area contributed by atoms with Crippen LogP contribution in [-0.2, 0) is 0 Å². The fourth-order valence-corrected chi connectivity index (χ4v) is 2.52. The quantitative estimate of drug-likeness (QED) is 0.495. The Labute approximate surface area is 85.1 Å². The van der Waals surface area contributed by atoms with Crippen LogP contribution in [0.1, 0.15) is 72.6 Å². The molecule has 0 nitrogen and oxygen atoms in total. The molecule has 0 spiro atoms. The number of hydrogen-bond acceptors (Lipinski definition) is 0. The molecule has 0 radical (unpaired) electrons. The van der Waals surface area contributed by atoms with Gasteiger partial charge in [0.2, 0.25) is 0 Å². The zero-order valence-electron chi connectivity index (χ0n) is 10.1. The summed E-state index contributed by atoms with van der Waals surface area (Å²) in [4.78, 5) is 0. The van der Waals surface area contributed by atoms with Crippen LogP contribution < -0.4 is 0 Å². The van der Waals surface area contributed by atoms with Crippen LogP contribution >= 0.6 is 0 Å². The first kappa shape index (κ1) is 13.0. The van der Waals surface area contributed by atoms with Crippen molar-refractivity contribution in [2.45, 2.75) is 72.6 Å². The van der Waals surface area contributed by atoms with Gasteiger partial charge in [0.1, 0.15) is 0 Å². The van der Waals surface area contributed by atoms with Crippen LogP contribution in [0.15, 0.2) is 0 Å². The average molecular weight is 184 g/mol. The molecule has 0 bridgehead atoms. The van der Waals surface area contributed by atoms with Crippen LogP contribution in [0.4, 0.5) is 0 Å². The molecule has 0 aliphatic heterocycles. The van der Waals surface area contributed by atoms with Crippen molar-refractivity contribution in [2.75, 3.05) is 0 Å². The topological polar surface area (TPSA) is 0 Å². The van der Waals surface area contributed by atoms with Crippen molar-refractivity contribution in [1.29, 1.82) is 0 Å². The second-order valence-electron chi connectivity index (χ2n) is 4.09. The summed E-state index contributed by atoms with van der Waals surface area (Å²) in [6.07, 6.45) is 10.6. The van der Waals surface area contributed by atoms with Crippen LogP contribution in [0.25, 0.3) is 0 Å². The maximum Gasteiger partial charge on any atom is -0.0386 e. The van der Waals surface area contributed by atoms with Gasteiger partial charge < -0.3 is 0 Å². The van der Waals surface area contributed by atoms with Gasteiger partial charge in [-0.1, -0.05) is 72.6 Å². The highest BCUT2D eigenvalue weighted by Gasteiger charge is 2.30. The molecule has 2 aliphatic rings. The molecule has 0 amide bonds. The first-order valence-corrected chi connectivity index (χ1v) is 6.38.